The SMILES string of the molecule is O=C(O)CNC1CC(=O)N(C2CC2)C1=O. The van der Waals surface area contributed by atoms with E-state index in [0.717, 1.165) is 12.8 Å². The Balaban J connectivity index is 1.95. The average molecular weight is 212 g/mol. The van der Waals surface area contributed by atoms with Crippen LogP contribution in [0.1, 0.15) is 19.3 Å². The first-order valence-corrected chi connectivity index (χ1v) is 4.90. The molecular formula is C9H12N2O4. The molecule has 0 spiro atoms. The van der Waals surface area contributed by atoms with E-state index in [0.29, 0.717) is 0 Å². The molecule has 1 aliphatic heterocycles. The molecule has 1 aliphatic carbocycles. The fourth-order valence-corrected chi connectivity index (χ4v) is 1.74. The maximum atomic E-state index is 11.7. The first kappa shape index (κ1) is 10.1. The normalized spacial score (nSPS) is 26.1. The van der Waals surface area contributed by atoms with Crippen molar-refractivity contribution in [2.75, 3.05) is 6.54 Å². The number of carbonyl (C=O) groups excluding carboxylic acids is 2. The van der Waals surface area contributed by atoms with Gasteiger partial charge in [0.25, 0.3) is 0 Å². The van der Waals surface area contributed by atoms with Gasteiger partial charge in [0.1, 0.15) is 0 Å². The third-order valence-electron chi connectivity index (χ3n) is 2.59. The summed E-state index contributed by atoms with van der Waals surface area (Å²) < 4.78 is 0. The third-order valence-corrected chi connectivity index (χ3v) is 2.59. The van der Waals surface area contributed by atoms with Gasteiger partial charge in [0.15, 0.2) is 0 Å². The molecule has 1 unspecified atom stereocenters. The van der Waals surface area contributed by atoms with E-state index < -0.39 is 12.0 Å². The van der Waals surface area contributed by atoms with Crippen LogP contribution in [0.3, 0.4) is 0 Å². The van der Waals surface area contributed by atoms with E-state index in [1.165, 1.54) is 4.90 Å². The number of carboxylic acid groups (broad SMARTS) is 1. The quantitative estimate of drug-likeness (QED) is 0.581. The number of carboxylic acids is 1. The van der Waals surface area contributed by atoms with Crippen molar-refractivity contribution in [3.63, 3.8) is 0 Å². The summed E-state index contributed by atoms with van der Waals surface area (Å²) in [7, 11) is 0. The number of aliphatic carboxylic acids is 1. The Morgan fingerprint density at radius 3 is 2.67 bits per heavy atom. The second-order valence-electron chi connectivity index (χ2n) is 3.86. The lowest BCUT2D eigenvalue weighted by Gasteiger charge is -2.13. The molecule has 1 atom stereocenters. The Bertz CT molecular complexity index is 324. The second-order valence-corrected chi connectivity index (χ2v) is 3.86. The van der Waals surface area contributed by atoms with Crippen molar-refractivity contribution >= 4 is 17.8 Å². The van der Waals surface area contributed by atoms with Gasteiger partial charge in [-0.05, 0) is 12.8 Å². The van der Waals surface area contributed by atoms with Gasteiger partial charge in [0.05, 0.1) is 19.0 Å². The Morgan fingerprint density at radius 1 is 1.47 bits per heavy atom. The maximum absolute atomic E-state index is 11.7. The van der Waals surface area contributed by atoms with Crippen LogP contribution in [0.15, 0.2) is 0 Å². The van der Waals surface area contributed by atoms with E-state index in [1.807, 2.05) is 0 Å². The number of nitrogens with one attached hydrogen (secondary N) is 1. The number of likely N-dealkylation sites (tertiary alicyclic amines) is 1. The first-order chi connectivity index (χ1) is 7.09. The summed E-state index contributed by atoms with van der Waals surface area (Å²) >= 11 is 0. The Morgan fingerprint density at radius 2 is 2.13 bits per heavy atom. The van der Waals surface area contributed by atoms with Crippen LogP contribution in [0, 0.1) is 0 Å². The zero-order valence-corrected chi connectivity index (χ0v) is 8.10. The number of amides is 2. The molecule has 0 aromatic heterocycles. The fourth-order valence-electron chi connectivity index (χ4n) is 1.74. The van der Waals surface area contributed by atoms with Crippen LogP contribution < -0.4 is 5.32 Å². The fraction of sp³-hybridized carbons (Fsp3) is 0.667. The molecule has 6 heteroatoms. The van der Waals surface area contributed by atoms with Gasteiger partial charge >= 0.3 is 5.97 Å². The summed E-state index contributed by atoms with van der Waals surface area (Å²) in [4.78, 5) is 34.7. The van der Waals surface area contributed by atoms with Crippen molar-refractivity contribution in [2.45, 2.75) is 31.3 Å². The van der Waals surface area contributed by atoms with Crippen molar-refractivity contribution in [1.29, 1.82) is 0 Å². The highest BCUT2D eigenvalue weighted by molar-refractivity contribution is 6.06. The summed E-state index contributed by atoms with van der Waals surface area (Å²) in [5.74, 6) is -1.49. The number of hydrogen-bond donors (Lipinski definition) is 2. The third kappa shape index (κ3) is 1.99. The summed E-state index contributed by atoms with van der Waals surface area (Å²) in [5.41, 5.74) is 0. The summed E-state index contributed by atoms with van der Waals surface area (Å²) in [6, 6.07) is -0.573. The van der Waals surface area contributed by atoms with E-state index in [4.69, 9.17) is 5.11 Å². The zero-order valence-electron chi connectivity index (χ0n) is 8.10. The smallest absolute Gasteiger partial charge is 0.317 e. The molecule has 1 saturated carbocycles. The zero-order chi connectivity index (χ0) is 11.0. The Labute approximate surface area is 86.2 Å². The predicted molar refractivity (Wildman–Crippen MR) is 48.9 cm³/mol. The minimum Gasteiger partial charge on any atom is -0.480 e. The molecule has 0 aromatic carbocycles. The van der Waals surface area contributed by atoms with Gasteiger partial charge in [-0.25, -0.2) is 0 Å². The molecule has 2 amide bonds. The molecule has 2 aliphatic rings. The number of carbonyl (C=O) groups is 3. The number of nitrogens with zero attached hydrogens (tertiary/aromatic N) is 1. The largest absolute Gasteiger partial charge is 0.480 e. The molecule has 0 aromatic rings. The van der Waals surface area contributed by atoms with Gasteiger partial charge in [-0.15, -0.1) is 0 Å². The molecule has 0 radical (unpaired) electrons. The van der Waals surface area contributed by atoms with Gasteiger partial charge in [0, 0.05) is 6.04 Å². The lowest BCUT2D eigenvalue weighted by molar-refractivity contribution is -0.139. The lowest BCUT2D eigenvalue weighted by atomic mass is 10.2. The molecular weight excluding hydrogens is 200 g/mol. The maximum Gasteiger partial charge on any atom is 0.317 e. The van der Waals surface area contributed by atoms with Gasteiger partial charge in [0.2, 0.25) is 11.8 Å². The van der Waals surface area contributed by atoms with E-state index in [1.54, 1.807) is 0 Å². The molecule has 6 nitrogen and oxygen atoms in total. The van der Waals surface area contributed by atoms with Gasteiger partial charge in [-0.3, -0.25) is 24.6 Å². The van der Waals surface area contributed by atoms with Crippen LogP contribution in [0.5, 0.6) is 0 Å². The number of hydrogen-bond acceptors (Lipinski definition) is 4. The van der Waals surface area contributed by atoms with Crippen molar-refractivity contribution < 1.29 is 19.5 Å². The molecule has 0 bridgehead atoms. The van der Waals surface area contributed by atoms with E-state index >= 15 is 0 Å². The predicted octanol–water partition coefficient (Wildman–Crippen LogP) is -1.05. The highest BCUT2D eigenvalue weighted by atomic mass is 16.4. The standard InChI is InChI=1S/C9H12N2O4/c12-7-3-6(10-4-8(13)14)9(15)11(7)5-1-2-5/h5-6,10H,1-4H2,(H,13,14). The molecule has 2 rings (SSSR count). The minimum absolute atomic E-state index is 0.0710. The lowest BCUT2D eigenvalue weighted by Crippen LogP contribution is -2.41. The van der Waals surface area contributed by atoms with E-state index in [9.17, 15) is 14.4 Å². The molecule has 82 valence electrons. The van der Waals surface area contributed by atoms with Crippen LogP contribution in [-0.4, -0.2) is 46.4 Å². The minimum atomic E-state index is -1.03. The van der Waals surface area contributed by atoms with Gasteiger partial charge < -0.3 is 5.11 Å². The van der Waals surface area contributed by atoms with Crippen LogP contribution in [0.2, 0.25) is 0 Å². The molecule has 2 fully saturated rings. The van der Waals surface area contributed by atoms with Crippen molar-refractivity contribution in [3.8, 4) is 0 Å². The number of rotatable bonds is 4. The molecule has 1 saturated heterocycles. The average Bonchev–Trinajstić information content (AvgIpc) is 2.92. The Hall–Kier alpha value is -1.43. The van der Waals surface area contributed by atoms with Crippen LogP contribution >= 0.6 is 0 Å². The summed E-state index contributed by atoms with van der Waals surface area (Å²) in [6.45, 7) is -0.289. The van der Waals surface area contributed by atoms with Crippen molar-refractivity contribution in [2.24, 2.45) is 0 Å². The van der Waals surface area contributed by atoms with Crippen LogP contribution in [0.4, 0.5) is 0 Å². The first-order valence-electron chi connectivity index (χ1n) is 4.90. The molecule has 15 heavy (non-hydrogen) atoms. The van der Waals surface area contributed by atoms with Crippen molar-refractivity contribution in [1.82, 2.24) is 10.2 Å². The summed E-state index contributed by atoms with van der Waals surface area (Å²) in [5, 5.41) is 11.0. The second kappa shape index (κ2) is 3.62. The van der Waals surface area contributed by atoms with Crippen molar-refractivity contribution in [3.05, 3.63) is 0 Å². The highest BCUT2D eigenvalue weighted by Crippen LogP contribution is 2.31. The highest BCUT2D eigenvalue weighted by Gasteiger charge is 2.45. The monoisotopic (exact) mass is 212 g/mol. The number of imide groups is 1. The van der Waals surface area contributed by atoms with E-state index in [2.05, 4.69) is 5.32 Å². The molecule has 1 heterocycles. The summed E-state index contributed by atoms with van der Waals surface area (Å²) in [6.07, 6.45) is 1.84. The Kier molecular flexibility index (Phi) is 2.44. The van der Waals surface area contributed by atoms with Gasteiger partial charge in [-0.2, -0.15) is 0 Å². The van der Waals surface area contributed by atoms with Crippen LogP contribution in [0.25, 0.3) is 0 Å². The van der Waals surface area contributed by atoms with Crippen LogP contribution in [-0.2, 0) is 14.4 Å². The van der Waals surface area contributed by atoms with E-state index in [-0.39, 0.29) is 30.8 Å². The van der Waals surface area contributed by atoms with Gasteiger partial charge in [-0.1, -0.05) is 0 Å². The topological polar surface area (TPSA) is 86.7 Å². The molecule has 2 N–H and O–H groups in total.